The topological polar surface area (TPSA) is 82.2 Å². The average molecular weight is 388 g/mol. The first-order valence-corrected chi connectivity index (χ1v) is 9.82. The first kappa shape index (κ1) is 20.1. The van der Waals surface area contributed by atoms with E-state index in [-0.39, 0.29) is 30.4 Å². The number of benzene rings is 1. The molecule has 2 heterocycles. The third kappa shape index (κ3) is 5.01. The highest BCUT2D eigenvalue weighted by Gasteiger charge is 2.28. The first-order valence-electron chi connectivity index (χ1n) is 9.82. The molecular weight excluding hydrogens is 360 g/mol. The largest absolute Gasteiger partial charge is 0.489 e. The number of amides is 3. The van der Waals surface area contributed by atoms with Crippen LogP contribution >= 0.6 is 0 Å². The predicted octanol–water partition coefficient (Wildman–Crippen LogP) is 1.17. The van der Waals surface area contributed by atoms with Gasteiger partial charge >= 0.3 is 0 Å². The second-order valence-corrected chi connectivity index (χ2v) is 7.41. The van der Waals surface area contributed by atoms with Crippen molar-refractivity contribution in [3.63, 3.8) is 0 Å². The molecule has 2 fully saturated rings. The molecular formula is C20H28N4O4. The maximum absolute atomic E-state index is 12.3. The number of piperidine rings is 1. The summed E-state index contributed by atoms with van der Waals surface area (Å²) in [6.07, 6.45) is 1.24. The van der Waals surface area contributed by atoms with Gasteiger partial charge in [0.15, 0.2) is 0 Å². The van der Waals surface area contributed by atoms with Gasteiger partial charge in [0.2, 0.25) is 11.8 Å². The molecule has 2 aliphatic rings. The van der Waals surface area contributed by atoms with Gasteiger partial charge in [0.25, 0.3) is 5.91 Å². The smallest absolute Gasteiger partial charge is 0.253 e. The standard InChI is InChI=1S/C20H28N4O4/c1-15(2)28-17-7-4-3-6-16(17)23-12-10-22(11-13-23)14-18(25)21-24-19(26)8-5-9-20(24)27/h3-4,6-7,15H,5,8-14H2,1-2H3,(H,21,25). The van der Waals surface area contributed by atoms with Crippen LogP contribution in [-0.2, 0) is 14.4 Å². The van der Waals surface area contributed by atoms with Crippen LogP contribution in [0.4, 0.5) is 5.69 Å². The summed E-state index contributed by atoms with van der Waals surface area (Å²) in [5.41, 5.74) is 3.52. The molecule has 0 atom stereocenters. The Labute approximate surface area is 165 Å². The molecule has 8 nitrogen and oxygen atoms in total. The van der Waals surface area contributed by atoms with Crippen LogP contribution in [0.5, 0.6) is 5.75 Å². The van der Waals surface area contributed by atoms with Gasteiger partial charge in [0, 0.05) is 39.0 Å². The van der Waals surface area contributed by atoms with Crippen LogP contribution in [-0.4, -0.2) is 66.5 Å². The summed E-state index contributed by atoms with van der Waals surface area (Å²) in [5.74, 6) is -0.140. The van der Waals surface area contributed by atoms with E-state index in [2.05, 4.69) is 10.3 Å². The molecule has 0 aromatic heterocycles. The Morgan fingerprint density at radius 1 is 1.07 bits per heavy atom. The summed E-state index contributed by atoms with van der Waals surface area (Å²) in [6, 6.07) is 7.98. The number of anilines is 1. The fourth-order valence-corrected chi connectivity index (χ4v) is 3.46. The van der Waals surface area contributed by atoms with E-state index >= 15 is 0 Å². The van der Waals surface area contributed by atoms with Crippen LogP contribution in [0.2, 0.25) is 0 Å². The first-order chi connectivity index (χ1) is 13.4. The van der Waals surface area contributed by atoms with Crippen molar-refractivity contribution in [3.05, 3.63) is 24.3 Å². The van der Waals surface area contributed by atoms with Gasteiger partial charge in [-0.05, 0) is 32.4 Å². The van der Waals surface area contributed by atoms with Gasteiger partial charge in [-0.2, -0.15) is 5.01 Å². The van der Waals surface area contributed by atoms with Gasteiger partial charge in [0.1, 0.15) is 5.75 Å². The minimum Gasteiger partial charge on any atom is -0.489 e. The Bertz CT molecular complexity index is 713. The van der Waals surface area contributed by atoms with Crippen LogP contribution in [0.3, 0.4) is 0 Å². The summed E-state index contributed by atoms with van der Waals surface area (Å²) < 4.78 is 5.91. The van der Waals surface area contributed by atoms with Crippen molar-refractivity contribution in [1.29, 1.82) is 0 Å². The van der Waals surface area contributed by atoms with Crippen LogP contribution in [0.25, 0.3) is 0 Å². The molecule has 0 saturated carbocycles. The van der Waals surface area contributed by atoms with Gasteiger partial charge in [-0.3, -0.25) is 24.7 Å². The molecule has 3 amide bonds. The number of hydrogen-bond donors (Lipinski definition) is 1. The molecule has 2 saturated heterocycles. The molecule has 152 valence electrons. The van der Waals surface area contributed by atoms with Crippen molar-refractivity contribution in [2.45, 2.75) is 39.2 Å². The number of piperazine rings is 1. The number of carbonyl (C=O) groups excluding carboxylic acids is 3. The molecule has 0 aliphatic carbocycles. The summed E-state index contributed by atoms with van der Waals surface area (Å²) >= 11 is 0. The Kier molecular flexibility index (Phi) is 6.51. The van der Waals surface area contributed by atoms with Crippen molar-refractivity contribution >= 4 is 23.4 Å². The van der Waals surface area contributed by atoms with E-state index in [1.807, 2.05) is 43.0 Å². The summed E-state index contributed by atoms with van der Waals surface area (Å²) in [7, 11) is 0. The molecule has 8 heteroatoms. The highest BCUT2D eigenvalue weighted by Crippen LogP contribution is 2.29. The molecule has 0 radical (unpaired) electrons. The lowest BCUT2D eigenvalue weighted by Gasteiger charge is -2.36. The lowest BCUT2D eigenvalue weighted by Crippen LogP contribution is -2.55. The van der Waals surface area contributed by atoms with E-state index in [0.717, 1.165) is 29.5 Å². The van der Waals surface area contributed by atoms with Crippen molar-refractivity contribution in [2.24, 2.45) is 0 Å². The molecule has 1 aromatic rings. The lowest BCUT2D eigenvalue weighted by molar-refractivity contribution is -0.156. The maximum atomic E-state index is 12.3. The zero-order valence-corrected chi connectivity index (χ0v) is 16.5. The van der Waals surface area contributed by atoms with Gasteiger partial charge in [-0.1, -0.05) is 12.1 Å². The van der Waals surface area contributed by atoms with E-state index < -0.39 is 0 Å². The summed E-state index contributed by atoms with van der Waals surface area (Å²) in [4.78, 5) is 40.1. The fraction of sp³-hybridized carbons (Fsp3) is 0.550. The Morgan fingerprint density at radius 2 is 1.71 bits per heavy atom. The molecule has 28 heavy (non-hydrogen) atoms. The number of hydrogen-bond acceptors (Lipinski definition) is 6. The van der Waals surface area contributed by atoms with Crippen molar-refractivity contribution in [2.75, 3.05) is 37.6 Å². The third-order valence-corrected chi connectivity index (χ3v) is 4.82. The molecule has 1 N–H and O–H groups in total. The van der Waals surface area contributed by atoms with Crippen molar-refractivity contribution < 1.29 is 19.1 Å². The molecule has 3 rings (SSSR count). The SMILES string of the molecule is CC(C)Oc1ccccc1N1CCN(CC(=O)NN2C(=O)CCCC2=O)CC1. The Morgan fingerprint density at radius 3 is 2.36 bits per heavy atom. The number of carbonyl (C=O) groups is 3. The van der Waals surface area contributed by atoms with Crippen molar-refractivity contribution in [3.8, 4) is 5.75 Å². The summed E-state index contributed by atoms with van der Waals surface area (Å²) in [6.45, 7) is 7.14. The van der Waals surface area contributed by atoms with E-state index in [4.69, 9.17) is 4.74 Å². The molecule has 0 bridgehead atoms. The number of para-hydroxylation sites is 2. The van der Waals surface area contributed by atoms with E-state index in [1.54, 1.807) is 0 Å². The van der Waals surface area contributed by atoms with Gasteiger partial charge < -0.3 is 9.64 Å². The molecule has 0 unspecified atom stereocenters. The monoisotopic (exact) mass is 388 g/mol. The van der Waals surface area contributed by atoms with Crippen LogP contribution < -0.4 is 15.1 Å². The molecule has 0 spiro atoms. The number of nitrogens with zero attached hydrogens (tertiary/aromatic N) is 3. The van der Waals surface area contributed by atoms with Crippen LogP contribution in [0, 0.1) is 0 Å². The fourth-order valence-electron chi connectivity index (χ4n) is 3.46. The number of nitrogens with one attached hydrogen (secondary N) is 1. The van der Waals surface area contributed by atoms with Gasteiger partial charge in [-0.15, -0.1) is 0 Å². The number of rotatable bonds is 6. The zero-order valence-electron chi connectivity index (χ0n) is 16.5. The normalized spacial score (nSPS) is 18.5. The van der Waals surface area contributed by atoms with E-state index in [0.29, 0.717) is 32.4 Å². The summed E-state index contributed by atoms with van der Waals surface area (Å²) in [5, 5.41) is 0.877. The van der Waals surface area contributed by atoms with E-state index in [1.165, 1.54) is 0 Å². The minimum atomic E-state index is -0.337. The van der Waals surface area contributed by atoms with Crippen LogP contribution in [0.1, 0.15) is 33.1 Å². The lowest BCUT2D eigenvalue weighted by atomic mass is 10.1. The highest BCUT2D eigenvalue weighted by atomic mass is 16.5. The Balaban J connectivity index is 1.51. The van der Waals surface area contributed by atoms with E-state index in [9.17, 15) is 14.4 Å². The average Bonchev–Trinajstić information content (AvgIpc) is 2.66. The molecule has 2 aliphatic heterocycles. The van der Waals surface area contributed by atoms with Crippen LogP contribution in [0.15, 0.2) is 24.3 Å². The Hall–Kier alpha value is -2.61. The second kappa shape index (κ2) is 9.05. The second-order valence-electron chi connectivity index (χ2n) is 7.41. The predicted molar refractivity (Wildman–Crippen MR) is 105 cm³/mol. The number of hydrazine groups is 1. The minimum absolute atomic E-state index is 0.103. The third-order valence-electron chi connectivity index (χ3n) is 4.82. The zero-order chi connectivity index (χ0) is 20.1. The quantitative estimate of drug-likeness (QED) is 0.737. The maximum Gasteiger partial charge on any atom is 0.253 e. The van der Waals surface area contributed by atoms with Gasteiger partial charge in [0.05, 0.1) is 18.3 Å². The number of imide groups is 1. The van der Waals surface area contributed by atoms with Gasteiger partial charge in [-0.25, -0.2) is 0 Å². The number of ether oxygens (including phenoxy) is 1. The highest BCUT2D eigenvalue weighted by molar-refractivity contribution is 5.99. The van der Waals surface area contributed by atoms with Crippen molar-refractivity contribution in [1.82, 2.24) is 15.3 Å². The molecule has 1 aromatic carbocycles.